The first-order chi connectivity index (χ1) is 11.2. The zero-order chi connectivity index (χ0) is 17.9. The van der Waals surface area contributed by atoms with Crippen molar-refractivity contribution in [1.29, 1.82) is 0 Å². The second kappa shape index (κ2) is 8.26. The lowest BCUT2D eigenvalue weighted by Crippen LogP contribution is -2.30. The number of hydrogen-bond acceptors (Lipinski definition) is 3. The van der Waals surface area contributed by atoms with E-state index in [1.54, 1.807) is 13.0 Å². The van der Waals surface area contributed by atoms with E-state index in [4.69, 9.17) is 10.5 Å². The van der Waals surface area contributed by atoms with Crippen LogP contribution in [0.25, 0.3) is 0 Å². The topological polar surface area (TPSA) is 64.3 Å². The van der Waals surface area contributed by atoms with Crippen molar-refractivity contribution in [2.75, 3.05) is 11.1 Å². The number of ether oxygens (including phenoxy) is 1. The Kier molecular flexibility index (Phi) is 6.88. The van der Waals surface area contributed by atoms with Gasteiger partial charge < -0.3 is 15.8 Å². The molecular formula is C20H27ClN2O2. The Balaban J connectivity index is 0.00000312. The first-order valence-electron chi connectivity index (χ1n) is 8.11. The molecule has 0 aliphatic rings. The van der Waals surface area contributed by atoms with E-state index in [-0.39, 0.29) is 23.7 Å². The zero-order valence-electron chi connectivity index (χ0n) is 15.4. The highest BCUT2D eigenvalue weighted by atomic mass is 35.5. The first kappa shape index (κ1) is 20.8. The number of rotatable bonds is 4. The summed E-state index contributed by atoms with van der Waals surface area (Å²) in [6.45, 7) is 10.1. The molecular weight excluding hydrogens is 336 g/mol. The van der Waals surface area contributed by atoms with Gasteiger partial charge in [-0.3, -0.25) is 4.79 Å². The third kappa shape index (κ3) is 5.68. The number of carbonyl (C=O) groups excluding carboxylic acids is 1. The van der Waals surface area contributed by atoms with Crippen LogP contribution in [-0.2, 0) is 10.2 Å². The van der Waals surface area contributed by atoms with E-state index >= 15 is 0 Å². The summed E-state index contributed by atoms with van der Waals surface area (Å²) in [5, 5.41) is 2.87. The van der Waals surface area contributed by atoms with Crippen LogP contribution in [0.4, 0.5) is 11.4 Å². The van der Waals surface area contributed by atoms with Crippen molar-refractivity contribution >= 4 is 29.7 Å². The van der Waals surface area contributed by atoms with Crippen molar-refractivity contribution in [1.82, 2.24) is 0 Å². The molecule has 4 nitrogen and oxygen atoms in total. The Bertz CT molecular complexity index is 739. The molecule has 5 heteroatoms. The van der Waals surface area contributed by atoms with Gasteiger partial charge in [-0.25, -0.2) is 0 Å². The summed E-state index contributed by atoms with van der Waals surface area (Å²) in [7, 11) is 0. The molecule has 0 fully saturated rings. The lowest BCUT2D eigenvalue weighted by atomic mass is 9.87. The quantitative estimate of drug-likeness (QED) is 0.774. The van der Waals surface area contributed by atoms with Crippen molar-refractivity contribution < 1.29 is 9.53 Å². The van der Waals surface area contributed by atoms with Gasteiger partial charge in [0.25, 0.3) is 5.91 Å². The summed E-state index contributed by atoms with van der Waals surface area (Å²) in [6, 6.07) is 13.3. The largest absolute Gasteiger partial charge is 0.481 e. The molecule has 2 aromatic rings. The Morgan fingerprint density at radius 1 is 1.16 bits per heavy atom. The van der Waals surface area contributed by atoms with E-state index in [9.17, 15) is 4.79 Å². The van der Waals surface area contributed by atoms with Gasteiger partial charge in [-0.2, -0.15) is 0 Å². The molecule has 3 N–H and O–H groups in total. The van der Waals surface area contributed by atoms with Crippen LogP contribution in [0.15, 0.2) is 42.5 Å². The predicted octanol–water partition coefficient (Wildman–Crippen LogP) is 4.70. The highest BCUT2D eigenvalue weighted by molar-refractivity contribution is 5.95. The number of nitrogens with one attached hydrogen (secondary N) is 1. The Morgan fingerprint density at radius 2 is 1.84 bits per heavy atom. The number of halogens is 1. The normalized spacial score (nSPS) is 12.0. The van der Waals surface area contributed by atoms with Gasteiger partial charge in [0.15, 0.2) is 6.10 Å². The van der Waals surface area contributed by atoms with E-state index in [2.05, 4.69) is 32.2 Å². The molecule has 2 aromatic carbocycles. The predicted molar refractivity (Wildman–Crippen MR) is 107 cm³/mol. The second-order valence-corrected chi connectivity index (χ2v) is 7.10. The summed E-state index contributed by atoms with van der Waals surface area (Å²) in [6.07, 6.45) is -0.610. The van der Waals surface area contributed by atoms with Gasteiger partial charge in [-0.1, -0.05) is 39.0 Å². The molecule has 0 spiro atoms. The van der Waals surface area contributed by atoms with Crippen LogP contribution in [0, 0.1) is 6.92 Å². The summed E-state index contributed by atoms with van der Waals surface area (Å²) in [4.78, 5) is 12.4. The van der Waals surface area contributed by atoms with E-state index < -0.39 is 6.10 Å². The molecule has 1 unspecified atom stereocenters. The summed E-state index contributed by atoms with van der Waals surface area (Å²) in [5.41, 5.74) is 9.25. The Hall–Kier alpha value is -2.20. The van der Waals surface area contributed by atoms with Gasteiger partial charge in [-0.05, 0) is 54.7 Å². The van der Waals surface area contributed by atoms with Crippen molar-refractivity contribution in [3.63, 3.8) is 0 Å². The van der Waals surface area contributed by atoms with E-state index in [1.807, 2.05) is 37.3 Å². The molecule has 0 saturated heterocycles. The third-order valence-electron chi connectivity index (χ3n) is 3.90. The molecule has 0 heterocycles. The fourth-order valence-corrected chi connectivity index (χ4v) is 2.30. The standard InChI is InChI=1S/C20H26N2O2.ClH/c1-13-9-10-16(21)12-18(13)22-19(23)14(2)24-17-8-6-7-15(11-17)20(3,4)5;/h6-12,14H,21H2,1-5H3,(H,22,23);1H. The lowest BCUT2D eigenvalue weighted by molar-refractivity contribution is -0.122. The molecule has 1 atom stereocenters. The minimum Gasteiger partial charge on any atom is -0.481 e. The monoisotopic (exact) mass is 362 g/mol. The lowest BCUT2D eigenvalue weighted by Gasteiger charge is -2.21. The molecule has 0 aromatic heterocycles. The molecule has 2 rings (SSSR count). The molecule has 0 aliphatic carbocycles. The highest BCUT2D eigenvalue weighted by Gasteiger charge is 2.18. The maximum Gasteiger partial charge on any atom is 0.265 e. The van der Waals surface area contributed by atoms with Crippen molar-refractivity contribution in [3.8, 4) is 5.75 Å². The van der Waals surface area contributed by atoms with Crippen LogP contribution < -0.4 is 15.8 Å². The number of nitrogens with two attached hydrogens (primary N) is 1. The maximum absolute atomic E-state index is 12.4. The van der Waals surface area contributed by atoms with Gasteiger partial charge in [0.1, 0.15) is 5.75 Å². The molecule has 25 heavy (non-hydrogen) atoms. The smallest absolute Gasteiger partial charge is 0.265 e. The van der Waals surface area contributed by atoms with Gasteiger partial charge in [0, 0.05) is 11.4 Å². The Morgan fingerprint density at radius 3 is 2.48 bits per heavy atom. The first-order valence-corrected chi connectivity index (χ1v) is 8.11. The van der Waals surface area contributed by atoms with Crippen LogP contribution in [0.1, 0.15) is 38.8 Å². The fraction of sp³-hybridized carbons (Fsp3) is 0.350. The number of aryl methyl sites for hydroxylation is 1. The van der Waals surface area contributed by atoms with Crippen LogP contribution in [0.3, 0.4) is 0 Å². The maximum atomic E-state index is 12.4. The molecule has 0 bridgehead atoms. The fourth-order valence-electron chi connectivity index (χ4n) is 2.30. The van der Waals surface area contributed by atoms with Gasteiger partial charge >= 0.3 is 0 Å². The van der Waals surface area contributed by atoms with E-state index in [1.165, 1.54) is 5.56 Å². The summed E-state index contributed by atoms with van der Waals surface area (Å²) in [5.74, 6) is 0.485. The number of benzene rings is 2. The average Bonchev–Trinajstić information content (AvgIpc) is 2.50. The van der Waals surface area contributed by atoms with E-state index in [0.717, 1.165) is 5.56 Å². The molecule has 0 aliphatic heterocycles. The SMILES string of the molecule is Cc1ccc(N)cc1NC(=O)C(C)Oc1cccc(C(C)(C)C)c1.Cl. The number of carbonyl (C=O) groups is 1. The zero-order valence-corrected chi connectivity index (χ0v) is 16.2. The molecule has 136 valence electrons. The molecule has 0 saturated carbocycles. The third-order valence-corrected chi connectivity index (χ3v) is 3.90. The van der Waals surface area contributed by atoms with Crippen LogP contribution >= 0.6 is 12.4 Å². The van der Waals surface area contributed by atoms with Crippen LogP contribution in [0.5, 0.6) is 5.75 Å². The number of nitrogen functional groups attached to an aromatic ring is 1. The van der Waals surface area contributed by atoms with Crippen LogP contribution in [-0.4, -0.2) is 12.0 Å². The highest BCUT2D eigenvalue weighted by Crippen LogP contribution is 2.26. The van der Waals surface area contributed by atoms with Crippen molar-refractivity contribution in [2.24, 2.45) is 0 Å². The average molecular weight is 363 g/mol. The summed E-state index contributed by atoms with van der Waals surface area (Å²) < 4.78 is 5.81. The Labute approximate surface area is 156 Å². The summed E-state index contributed by atoms with van der Waals surface area (Å²) >= 11 is 0. The number of anilines is 2. The number of amides is 1. The van der Waals surface area contributed by atoms with E-state index in [0.29, 0.717) is 17.1 Å². The van der Waals surface area contributed by atoms with Gasteiger partial charge in [0.05, 0.1) is 0 Å². The molecule has 0 radical (unpaired) electrons. The molecule has 1 amide bonds. The van der Waals surface area contributed by atoms with Crippen LogP contribution in [0.2, 0.25) is 0 Å². The second-order valence-electron chi connectivity index (χ2n) is 7.10. The number of hydrogen-bond donors (Lipinski definition) is 2. The van der Waals surface area contributed by atoms with Gasteiger partial charge in [0.2, 0.25) is 0 Å². The van der Waals surface area contributed by atoms with Crippen molar-refractivity contribution in [3.05, 3.63) is 53.6 Å². The van der Waals surface area contributed by atoms with Crippen molar-refractivity contribution in [2.45, 2.75) is 46.1 Å². The minimum atomic E-state index is -0.610. The van der Waals surface area contributed by atoms with Gasteiger partial charge in [-0.15, -0.1) is 12.4 Å². The minimum absolute atomic E-state index is 0.